The zero-order valence-electron chi connectivity index (χ0n) is 12.8. The Morgan fingerprint density at radius 2 is 1.90 bits per heavy atom. The van der Waals surface area contributed by atoms with E-state index in [1.54, 1.807) is 0 Å². The Morgan fingerprint density at radius 1 is 1.29 bits per heavy atom. The van der Waals surface area contributed by atoms with Crippen molar-refractivity contribution in [3.05, 3.63) is 35.9 Å². The van der Waals surface area contributed by atoms with Gasteiger partial charge in [0.15, 0.2) is 0 Å². The summed E-state index contributed by atoms with van der Waals surface area (Å²) < 4.78 is 0. The van der Waals surface area contributed by atoms with Gasteiger partial charge in [0, 0.05) is 13.0 Å². The third-order valence-corrected chi connectivity index (χ3v) is 5.30. The topological polar surface area (TPSA) is 32.3 Å². The maximum absolute atomic E-state index is 12.7. The lowest BCUT2D eigenvalue weighted by Gasteiger charge is -2.28. The lowest BCUT2D eigenvalue weighted by Crippen LogP contribution is -2.35. The molecule has 1 aromatic rings. The van der Waals surface area contributed by atoms with Gasteiger partial charge in [-0.1, -0.05) is 30.3 Å². The van der Waals surface area contributed by atoms with Gasteiger partial charge in [-0.15, -0.1) is 12.4 Å². The van der Waals surface area contributed by atoms with Crippen molar-refractivity contribution in [1.29, 1.82) is 0 Å². The van der Waals surface area contributed by atoms with Crippen LogP contribution in [0.15, 0.2) is 30.3 Å². The number of piperidine rings is 1. The predicted molar refractivity (Wildman–Crippen MR) is 87.5 cm³/mol. The molecule has 2 atom stereocenters. The van der Waals surface area contributed by atoms with Crippen LogP contribution in [0.4, 0.5) is 0 Å². The molecule has 116 valence electrons. The number of rotatable bonds is 3. The molecule has 21 heavy (non-hydrogen) atoms. The highest BCUT2D eigenvalue weighted by atomic mass is 35.5. The van der Waals surface area contributed by atoms with Crippen molar-refractivity contribution in [3.63, 3.8) is 0 Å². The first-order valence-corrected chi connectivity index (χ1v) is 7.66. The monoisotopic (exact) mass is 308 g/mol. The van der Waals surface area contributed by atoms with E-state index in [9.17, 15) is 4.79 Å². The molecular weight excluding hydrogens is 284 g/mol. The fourth-order valence-electron chi connectivity index (χ4n) is 3.57. The van der Waals surface area contributed by atoms with Gasteiger partial charge in [0.1, 0.15) is 0 Å². The van der Waals surface area contributed by atoms with E-state index >= 15 is 0 Å². The molecule has 1 N–H and O–H groups in total. The second-order valence-corrected chi connectivity index (χ2v) is 6.40. The highest BCUT2D eigenvalue weighted by Crippen LogP contribution is 2.59. The smallest absolute Gasteiger partial charge is 0.226 e. The van der Waals surface area contributed by atoms with Gasteiger partial charge in [-0.05, 0) is 50.3 Å². The standard InChI is InChI=1S/C17H24N2O.ClH/c1-13(14-6-4-3-5-7-14)19(2)16(20)15-12-17(15)8-10-18-11-9-17;/h3-7,13,15,18H,8-12H2,1-2H3;1H. The van der Waals surface area contributed by atoms with Gasteiger partial charge in [-0.3, -0.25) is 4.79 Å². The molecule has 1 aliphatic carbocycles. The van der Waals surface area contributed by atoms with Crippen molar-refractivity contribution < 1.29 is 4.79 Å². The van der Waals surface area contributed by atoms with Crippen LogP contribution < -0.4 is 5.32 Å². The van der Waals surface area contributed by atoms with Crippen LogP contribution >= 0.6 is 12.4 Å². The number of carbonyl (C=O) groups is 1. The van der Waals surface area contributed by atoms with Crippen molar-refractivity contribution in [3.8, 4) is 0 Å². The van der Waals surface area contributed by atoms with E-state index in [2.05, 4.69) is 24.4 Å². The van der Waals surface area contributed by atoms with Crippen LogP contribution in [0.2, 0.25) is 0 Å². The van der Waals surface area contributed by atoms with E-state index in [-0.39, 0.29) is 24.4 Å². The molecule has 2 fully saturated rings. The van der Waals surface area contributed by atoms with Gasteiger partial charge in [0.05, 0.1) is 6.04 Å². The Balaban J connectivity index is 0.00000161. The van der Waals surface area contributed by atoms with Crippen molar-refractivity contribution in [1.82, 2.24) is 10.2 Å². The zero-order chi connectivity index (χ0) is 14.2. The van der Waals surface area contributed by atoms with Crippen LogP contribution in [0.5, 0.6) is 0 Å². The van der Waals surface area contributed by atoms with Crippen molar-refractivity contribution >= 4 is 18.3 Å². The summed E-state index contributed by atoms with van der Waals surface area (Å²) in [6, 6.07) is 10.4. The molecule has 1 saturated carbocycles. The Morgan fingerprint density at radius 3 is 2.52 bits per heavy atom. The van der Waals surface area contributed by atoms with Crippen LogP contribution in [0, 0.1) is 11.3 Å². The Bertz CT molecular complexity index is 485. The second kappa shape index (κ2) is 6.37. The van der Waals surface area contributed by atoms with Gasteiger partial charge < -0.3 is 10.2 Å². The molecule has 2 aliphatic rings. The number of hydrogen-bond acceptors (Lipinski definition) is 2. The van der Waals surface area contributed by atoms with Crippen molar-refractivity contribution in [2.75, 3.05) is 20.1 Å². The number of nitrogens with one attached hydrogen (secondary N) is 1. The lowest BCUT2D eigenvalue weighted by atomic mass is 9.91. The van der Waals surface area contributed by atoms with E-state index < -0.39 is 0 Å². The van der Waals surface area contributed by atoms with Crippen LogP contribution in [0.25, 0.3) is 0 Å². The average Bonchev–Trinajstić information content (AvgIpc) is 3.19. The summed E-state index contributed by atoms with van der Waals surface area (Å²) in [5.74, 6) is 0.601. The summed E-state index contributed by atoms with van der Waals surface area (Å²) in [6.07, 6.45) is 3.42. The second-order valence-electron chi connectivity index (χ2n) is 6.40. The number of benzene rings is 1. The minimum absolute atomic E-state index is 0. The fourth-order valence-corrected chi connectivity index (χ4v) is 3.57. The largest absolute Gasteiger partial charge is 0.339 e. The Kier molecular flexibility index (Phi) is 4.95. The van der Waals surface area contributed by atoms with Gasteiger partial charge in [0.25, 0.3) is 0 Å². The summed E-state index contributed by atoms with van der Waals surface area (Å²) in [5, 5.41) is 3.39. The molecule has 4 heteroatoms. The minimum atomic E-state index is 0. The molecule has 1 aromatic carbocycles. The molecule has 0 radical (unpaired) electrons. The highest BCUT2D eigenvalue weighted by molar-refractivity contribution is 5.85. The van der Waals surface area contributed by atoms with Gasteiger partial charge in [-0.2, -0.15) is 0 Å². The first kappa shape index (κ1) is 16.3. The summed E-state index contributed by atoms with van der Waals surface area (Å²) in [5.41, 5.74) is 1.54. The molecule has 1 aliphatic heterocycles. The maximum atomic E-state index is 12.7. The quantitative estimate of drug-likeness (QED) is 0.931. The molecule has 2 unspecified atom stereocenters. The summed E-state index contributed by atoms with van der Waals surface area (Å²) in [7, 11) is 1.95. The third kappa shape index (κ3) is 3.09. The first-order chi connectivity index (χ1) is 9.64. The number of carbonyl (C=O) groups excluding carboxylic acids is 1. The van der Waals surface area contributed by atoms with Gasteiger partial charge in [0.2, 0.25) is 5.91 Å². The third-order valence-electron chi connectivity index (χ3n) is 5.30. The SMILES string of the molecule is CC(c1ccccc1)N(C)C(=O)C1CC12CCNCC2.Cl. The number of halogens is 1. The molecule has 1 spiro atoms. The molecule has 1 saturated heterocycles. The Hall–Kier alpha value is -1.06. The van der Waals surface area contributed by atoms with E-state index in [0.717, 1.165) is 32.4 Å². The van der Waals surface area contributed by atoms with Crippen LogP contribution in [-0.4, -0.2) is 30.9 Å². The maximum Gasteiger partial charge on any atom is 0.226 e. The van der Waals surface area contributed by atoms with E-state index in [1.807, 2.05) is 30.1 Å². The number of amides is 1. The average molecular weight is 309 g/mol. The summed E-state index contributed by atoms with van der Waals surface area (Å²) in [6.45, 7) is 4.26. The predicted octanol–water partition coefficient (Wildman–Crippen LogP) is 3.02. The normalized spacial score (nSPS) is 24.0. The van der Waals surface area contributed by atoms with Gasteiger partial charge >= 0.3 is 0 Å². The van der Waals surface area contributed by atoms with E-state index in [0.29, 0.717) is 11.3 Å². The highest BCUT2D eigenvalue weighted by Gasteiger charge is 2.58. The minimum Gasteiger partial charge on any atom is -0.339 e. The van der Waals surface area contributed by atoms with Crippen molar-refractivity contribution in [2.45, 2.75) is 32.2 Å². The fraction of sp³-hybridized carbons (Fsp3) is 0.588. The van der Waals surface area contributed by atoms with E-state index in [1.165, 1.54) is 5.56 Å². The molecule has 0 aromatic heterocycles. The van der Waals surface area contributed by atoms with Crippen molar-refractivity contribution in [2.24, 2.45) is 11.3 Å². The Labute approximate surface area is 133 Å². The molecule has 3 rings (SSSR count). The lowest BCUT2D eigenvalue weighted by molar-refractivity contribution is -0.134. The van der Waals surface area contributed by atoms with Gasteiger partial charge in [-0.25, -0.2) is 0 Å². The van der Waals surface area contributed by atoms with Crippen LogP contribution in [-0.2, 0) is 4.79 Å². The van der Waals surface area contributed by atoms with Crippen LogP contribution in [0.3, 0.4) is 0 Å². The van der Waals surface area contributed by atoms with E-state index in [4.69, 9.17) is 0 Å². The number of nitrogens with zero attached hydrogens (tertiary/aromatic N) is 1. The molecule has 1 amide bonds. The summed E-state index contributed by atoms with van der Waals surface area (Å²) in [4.78, 5) is 14.6. The zero-order valence-corrected chi connectivity index (χ0v) is 13.7. The molecular formula is C17H25ClN2O. The summed E-state index contributed by atoms with van der Waals surface area (Å²) >= 11 is 0. The van der Waals surface area contributed by atoms with Crippen LogP contribution in [0.1, 0.15) is 37.8 Å². The number of hydrogen-bond donors (Lipinski definition) is 1. The molecule has 3 nitrogen and oxygen atoms in total. The molecule has 0 bridgehead atoms. The molecule has 1 heterocycles. The first-order valence-electron chi connectivity index (χ1n) is 7.66.